The first-order valence-electron chi connectivity index (χ1n) is 12.9. The molecule has 1 amide bonds. The molecule has 5 N–H and O–H groups in total. The van der Waals surface area contributed by atoms with E-state index in [2.05, 4.69) is 53.7 Å². The van der Waals surface area contributed by atoms with Gasteiger partial charge in [-0.3, -0.25) is 4.79 Å². The maximum Gasteiger partial charge on any atom is 0.312 e. The summed E-state index contributed by atoms with van der Waals surface area (Å²) < 4.78 is 17.9. The Labute approximate surface area is 197 Å². The highest BCUT2D eigenvalue weighted by atomic mass is 19.1. The van der Waals surface area contributed by atoms with Crippen molar-refractivity contribution >= 4 is 12.1 Å². The van der Waals surface area contributed by atoms with Gasteiger partial charge >= 0.3 is 6.17 Å². The molecule has 33 heavy (non-hydrogen) atoms. The highest BCUT2D eigenvalue weighted by Gasteiger charge is 2.66. The standard InChI is InChI=1S/C24H42FN7O/c1-4-31(3)12-8-18(21-16(2)7-5-9-27-21)19(15-31)28-23(33)20-22(26)29-32-11-6-10-30(24(20)32)13-17(25)14-32/h5,7,13,16-22,24,27,29H,4,6,8-12,14-15,26H2,1-3H3/q+2/p+1. The molecule has 9 heteroatoms. The third-order valence-electron chi connectivity index (χ3n) is 9.28. The molecule has 5 aliphatic heterocycles. The van der Waals surface area contributed by atoms with Crippen molar-refractivity contribution in [2.24, 2.45) is 23.5 Å². The lowest BCUT2D eigenvalue weighted by Crippen LogP contribution is -2.72. The molecule has 5 rings (SSSR count). The summed E-state index contributed by atoms with van der Waals surface area (Å²) >= 11 is 0. The van der Waals surface area contributed by atoms with Gasteiger partial charge in [-0.2, -0.15) is 9.17 Å². The molecule has 0 aromatic carbocycles. The Kier molecular flexibility index (Phi) is 6.14. The molecule has 184 valence electrons. The van der Waals surface area contributed by atoms with Crippen LogP contribution in [0.4, 0.5) is 4.39 Å². The highest BCUT2D eigenvalue weighted by Crippen LogP contribution is 2.36. The molecule has 10 unspecified atom stereocenters. The minimum Gasteiger partial charge on any atom is -0.347 e. The molecular weight excluding hydrogens is 421 g/mol. The van der Waals surface area contributed by atoms with Crippen LogP contribution < -0.4 is 21.8 Å². The van der Waals surface area contributed by atoms with Crippen LogP contribution in [0, 0.1) is 17.8 Å². The Morgan fingerprint density at radius 3 is 2.91 bits per heavy atom. The molecule has 0 spiro atoms. The number of carbonyl (C=O) groups excluding carboxylic acids is 1. The number of nitrogens with two attached hydrogens (primary N) is 1. The summed E-state index contributed by atoms with van der Waals surface area (Å²) in [6, 6.07) is 0.456. The largest absolute Gasteiger partial charge is 0.347 e. The third kappa shape index (κ3) is 4.05. The first kappa shape index (κ1) is 23.4. The van der Waals surface area contributed by atoms with Gasteiger partial charge in [-0.1, -0.05) is 19.1 Å². The van der Waals surface area contributed by atoms with Crippen molar-refractivity contribution in [2.45, 2.75) is 57.3 Å². The molecule has 3 fully saturated rings. The number of likely N-dealkylation sites (tertiary alicyclic amines) is 1. The van der Waals surface area contributed by atoms with Crippen molar-refractivity contribution in [3.63, 3.8) is 0 Å². The van der Waals surface area contributed by atoms with Gasteiger partial charge in [0.1, 0.15) is 19.3 Å². The summed E-state index contributed by atoms with van der Waals surface area (Å²) in [5.41, 5.74) is 9.98. The minimum absolute atomic E-state index is 0.0242. The molecule has 0 saturated carbocycles. The van der Waals surface area contributed by atoms with Crippen LogP contribution >= 0.6 is 0 Å². The normalized spacial score (nSPS) is 49.3. The van der Waals surface area contributed by atoms with E-state index in [1.165, 1.54) is 0 Å². The van der Waals surface area contributed by atoms with Crippen LogP contribution in [0.2, 0.25) is 0 Å². The van der Waals surface area contributed by atoms with Gasteiger partial charge in [0.25, 0.3) is 0 Å². The number of halogens is 1. The first-order chi connectivity index (χ1) is 15.8. The SMILES string of the molecule is CC[N+]1(C)CCC(C2NCC=CC2C)C(NC(=O)C2C(N)N[N+]34CCC[N+](=CC(F)C3)C24)C1. The molecule has 5 aliphatic rings. The average molecular weight is 465 g/mol. The van der Waals surface area contributed by atoms with E-state index < -0.39 is 18.3 Å². The van der Waals surface area contributed by atoms with Gasteiger partial charge in [-0.05, 0) is 12.8 Å². The number of alkyl halides is 1. The lowest BCUT2D eigenvalue weighted by Gasteiger charge is -2.48. The molecule has 0 aromatic rings. The van der Waals surface area contributed by atoms with Crippen molar-refractivity contribution in [2.75, 3.05) is 52.9 Å². The van der Waals surface area contributed by atoms with Crippen molar-refractivity contribution in [3.05, 3.63) is 12.2 Å². The van der Waals surface area contributed by atoms with Crippen molar-refractivity contribution < 1.29 is 22.8 Å². The summed E-state index contributed by atoms with van der Waals surface area (Å²) in [6.07, 6.45) is 6.67. The fourth-order valence-electron chi connectivity index (χ4n) is 7.43. The lowest BCUT2D eigenvalue weighted by molar-refractivity contribution is -1.07. The summed E-state index contributed by atoms with van der Waals surface area (Å²) in [5, 5.41) is 7.20. The molecule has 3 saturated heterocycles. The van der Waals surface area contributed by atoms with Crippen molar-refractivity contribution in [1.82, 2.24) is 16.1 Å². The number of nitrogens with one attached hydrogen (secondary N) is 3. The zero-order valence-electron chi connectivity index (χ0n) is 20.4. The number of nitrogens with zero attached hydrogens (tertiary/aromatic N) is 3. The smallest absolute Gasteiger partial charge is 0.312 e. The van der Waals surface area contributed by atoms with E-state index in [4.69, 9.17) is 5.73 Å². The number of rotatable bonds is 4. The predicted octanol–water partition coefficient (Wildman–Crippen LogP) is -0.477. The maximum absolute atomic E-state index is 14.5. The molecule has 5 heterocycles. The van der Waals surface area contributed by atoms with Crippen LogP contribution in [0.1, 0.15) is 26.7 Å². The Balaban J connectivity index is 1.39. The van der Waals surface area contributed by atoms with Crippen LogP contribution in [0.3, 0.4) is 0 Å². The number of hydrogen-bond acceptors (Lipinski definition) is 4. The molecule has 0 aromatic heterocycles. The van der Waals surface area contributed by atoms with E-state index in [-0.39, 0.29) is 18.1 Å². The van der Waals surface area contributed by atoms with Gasteiger partial charge in [-0.25, -0.2) is 4.39 Å². The topological polar surface area (TPSA) is 82.2 Å². The number of quaternary nitrogens is 2. The molecule has 0 radical (unpaired) electrons. The van der Waals surface area contributed by atoms with Crippen LogP contribution in [0.5, 0.6) is 0 Å². The van der Waals surface area contributed by atoms with Gasteiger partial charge in [0.15, 0.2) is 18.7 Å². The number of piperidine rings is 1. The van der Waals surface area contributed by atoms with E-state index in [1.807, 2.05) is 0 Å². The zero-order valence-corrected chi connectivity index (χ0v) is 20.4. The Morgan fingerprint density at radius 1 is 1.33 bits per heavy atom. The fraction of sp³-hybridized carbons (Fsp3) is 0.833. The molecule has 10 atom stereocenters. The van der Waals surface area contributed by atoms with Gasteiger partial charge in [0.05, 0.1) is 39.1 Å². The highest BCUT2D eigenvalue weighted by molar-refractivity contribution is 5.80. The van der Waals surface area contributed by atoms with E-state index in [1.54, 1.807) is 6.21 Å². The van der Waals surface area contributed by atoms with Crippen LogP contribution in [0.25, 0.3) is 0 Å². The number of likely N-dealkylation sites (N-methyl/N-ethyl adjacent to an activating group) is 1. The fourth-order valence-corrected chi connectivity index (χ4v) is 7.43. The molecule has 8 nitrogen and oxygen atoms in total. The van der Waals surface area contributed by atoms with E-state index >= 15 is 0 Å². The first-order valence-corrected chi connectivity index (χ1v) is 12.9. The molecular formula is C24H43FN7O+3. The number of carbonyl (C=O) groups is 1. The summed E-state index contributed by atoms with van der Waals surface area (Å²) in [6.45, 7) is 10.5. The summed E-state index contributed by atoms with van der Waals surface area (Å²) in [7, 11) is 2.30. The number of hydrogen-bond donors (Lipinski definition) is 4. The lowest BCUT2D eigenvalue weighted by atomic mass is 9.77. The predicted molar refractivity (Wildman–Crippen MR) is 126 cm³/mol. The van der Waals surface area contributed by atoms with Gasteiger partial charge < -0.3 is 20.9 Å². The van der Waals surface area contributed by atoms with E-state index in [9.17, 15) is 9.18 Å². The van der Waals surface area contributed by atoms with E-state index in [0.717, 1.165) is 56.6 Å². The van der Waals surface area contributed by atoms with Crippen LogP contribution in [0.15, 0.2) is 12.2 Å². The summed E-state index contributed by atoms with van der Waals surface area (Å²) in [4.78, 5) is 13.9. The van der Waals surface area contributed by atoms with Crippen molar-refractivity contribution in [1.29, 1.82) is 0 Å². The average Bonchev–Trinajstić information content (AvgIpc) is 3.07. The summed E-state index contributed by atoms with van der Waals surface area (Å²) in [5.74, 6) is 0.454. The molecule has 0 aliphatic carbocycles. The minimum atomic E-state index is -1.000. The zero-order chi connectivity index (χ0) is 23.4. The van der Waals surface area contributed by atoms with Crippen LogP contribution in [-0.4, -0.2) is 109 Å². The van der Waals surface area contributed by atoms with Gasteiger partial charge in [0, 0.05) is 24.9 Å². The van der Waals surface area contributed by atoms with Gasteiger partial charge in [-0.15, -0.1) is 5.43 Å². The third-order valence-corrected chi connectivity index (χ3v) is 9.28. The second-order valence-electron chi connectivity index (χ2n) is 11.4. The monoisotopic (exact) mass is 464 g/mol. The Bertz CT molecular complexity index is 836. The maximum atomic E-state index is 14.5. The van der Waals surface area contributed by atoms with Crippen molar-refractivity contribution in [3.8, 4) is 0 Å². The second kappa shape index (κ2) is 8.68. The Morgan fingerprint density at radius 2 is 2.15 bits per heavy atom. The quantitative estimate of drug-likeness (QED) is 0.257. The van der Waals surface area contributed by atoms with E-state index in [0.29, 0.717) is 29.0 Å². The van der Waals surface area contributed by atoms with Gasteiger partial charge in [0.2, 0.25) is 12.1 Å². The second-order valence-corrected chi connectivity index (χ2v) is 11.4. The molecule has 2 bridgehead atoms. The Hall–Kier alpha value is -1.39. The number of amides is 1. The van der Waals surface area contributed by atoms with Crippen LogP contribution in [-0.2, 0) is 4.79 Å².